The van der Waals surface area contributed by atoms with E-state index in [0.29, 0.717) is 6.42 Å². The van der Waals surface area contributed by atoms with Crippen molar-refractivity contribution in [3.63, 3.8) is 0 Å². The van der Waals surface area contributed by atoms with Crippen LogP contribution in [0.2, 0.25) is 0 Å². The number of benzene rings is 1. The molecule has 3 heteroatoms. The van der Waals surface area contributed by atoms with Gasteiger partial charge >= 0.3 is 5.97 Å². The van der Waals surface area contributed by atoms with Gasteiger partial charge < -0.3 is 10.4 Å². The molecule has 0 saturated heterocycles. The van der Waals surface area contributed by atoms with E-state index in [1.807, 2.05) is 25.1 Å². The summed E-state index contributed by atoms with van der Waals surface area (Å²) in [6.07, 6.45) is 1.47. The zero-order valence-electron chi connectivity index (χ0n) is 9.00. The minimum Gasteiger partial charge on any atom is -0.480 e. The number of aliphatic carboxylic acids is 1. The molecule has 0 spiro atoms. The van der Waals surface area contributed by atoms with Crippen molar-refractivity contribution in [1.29, 1.82) is 0 Å². The van der Waals surface area contributed by atoms with Crippen molar-refractivity contribution in [1.82, 2.24) is 5.32 Å². The Kier molecular flexibility index (Phi) is 2.27. The van der Waals surface area contributed by atoms with Crippen LogP contribution in [0.25, 0.3) is 0 Å². The van der Waals surface area contributed by atoms with Gasteiger partial charge in [0.25, 0.3) is 0 Å². The van der Waals surface area contributed by atoms with Crippen LogP contribution in [0.1, 0.15) is 23.1 Å². The van der Waals surface area contributed by atoms with E-state index in [1.165, 1.54) is 0 Å². The molecule has 0 saturated carbocycles. The summed E-state index contributed by atoms with van der Waals surface area (Å²) in [4.78, 5) is 11.4. The summed E-state index contributed by atoms with van der Waals surface area (Å²) < 4.78 is 0. The first-order valence-corrected chi connectivity index (χ1v) is 5.12. The molecule has 0 aliphatic heterocycles. The molecule has 1 aliphatic rings. The largest absolute Gasteiger partial charge is 0.480 e. The fraction of sp³-hybridized carbons (Fsp3) is 0.417. The van der Waals surface area contributed by atoms with Crippen LogP contribution in [0.3, 0.4) is 0 Å². The van der Waals surface area contributed by atoms with Crippen molar-refractivity contribution in [3.8, 4) is 0 Å². The van der Waals surface area contributed by atoms with E-state index in [1.54, 1.807) is 7.05 Å². The monoisotopic (exact) mass is 205 g/mol. The molecule has 0 radical (unpaired) electrons. The summed E-state index contributed by atoms with van der Waals surface area (Å²) in [7, 11) is 1.71. The number of nitrogens with one attached hydrogen (secondary N) is 1. The van der Waals surface area contributed by atoms with E-state index in [-0.39, 0.29) is 0 Å². The van der Waals surface area contributed by atoms with Gasteiger partial charge in [-0.2, -0.15) is 0 Å². The minimum atomic E-state index is -0.874. The molecule has 0 fully saturated rings. The predicted molar refractivity (Wildman–Crippen MR) is 57.9 cm³/mol. The Balaban J connectivity index is 2.59. The fourth-order valence-electron chi connectivity index (χ4n) is 2.35. The average Bonchev–Trinajstić information content (AvgIpc) is 2.57. The third-order valence-corrected chi connectivity index (χ3v) is 3.29. The van der Waals surface area contributed by atoms with Gasteiger partial charge in [0.1, 0.15) is 5.54 Å². The number of hydrogen-bond acceptors (Lipinski definition) is 2. The molecule has 0 heterocycles. The van der Waals surface area contributed by atoms with Gasteiger partial charge in [0.2, 0.25) is 0 Å². The predicted octanol–water partition coefficient (Wildman–Crippen LogP) is 1.44. The standard InChI is InChI=1S/C12H15NO2/c1-8-3-4-9-5-6-12(13-2,11(14)15)10(9)7-8/h3-4,7,13H,5-6H2,1-2H3,(H,14,15). The molecule has 1 aliphatic carbocycles. The molecule has 1 atom stereocenters. The Morgan fingerprint density at radius 3 is 2.87 bits per heavy atom. The lowest BCUT2D eigenvalue weighted by Gasteiger charge is -2.25. The highest BCUT2D eigenvalue weighted by atomic mass is 16.4. The summed E-state index contributed by atoms with van der Waals surface area (Å²) in [6, 6.07) is 6.05. The second-order valence-corrected chi connectivity index (χ2v) is 4.12. The van der Waals surface area contributed by atoms with E-state index < -0.39 is 11.5 Å². The highest BCUT2D eigenvalue weighted by Gasteiger charge is 2.44. The van der Waals surface area contributed by atoms with Gasteiger partial charge in [-0.25, -0.2) is 4.79 Å². The van der Waals surface area contributed by atoms with Crippen molar-refractivity contribution in [2.75, 3.05) is 7.05 Å². The van der Waals surface area contributed by atoms with Crippen LogP contribution in [-0.4, -0.2) is 18.1 Å². The molecule has 15 heavy (non-hydrogen) atoms. The average molecular weight is 205 g/mol. The van der Waals surface area contributed by atoms with Crippen molar-refractivity contribution < 1.29 is 9.90 Å². The van der Waals surface area contributed by atoms with Crippen LogP contribution in [0.15, 0.2) is 18.2 Å². The molecule has 0 bridgehead atoms. The first-order chi connectivity index (χ1) is 7.10. The van der Waals surface area contributed by atoms with Crippen molar-refractivity contribution in [2.24, 2.45) is 0 Å². The maximum absolute atomic E-state index is 11.4. The van der Waals surface area contributed by atoms with Crippen molar-refractivity contribution in [2.45, 2.75) is 25.3 Å². The van der Waals surface area contributed by atoms with Crippen LogP contribution in [-0.2, 0) is 16.8 Å². The minimum absolute atomic E-state index is 0.637. The molecule has 0 amide bonds. The molecule has 0 aromatic heterocycles. The first kappa shape index (κ1) is 10.2. The Hall–Kier alpha value is -1.35. The van der Waals surface area contributed by atoms with Gasteiger partial charge in [-0.1, -0.05) is 23.8 Å². The zero-order chi connectivity index (χ0) is 11.1. The summed E-state index contributed by atoms with van der Waals surface area (Å²) in [6.45, 7) is 1.99. The Morgan fingerprint density at radius 1 is 1.53 bits per heavy atom. The lowest BCUT2D eigenvalue weighted by atomic mass is 9.91. The number of carbonyl (C=O) groups is 1. The fourth-order valence-corrected chi connectivity index (χ4v) is 2.35. The number of fused-ring (bicyclic) bond motifs is 1. The number of hydrogen-bond donors (Lipinski definition) is 2. The van der Waals surface area contributed by atoms with E-state index in [2.05, 4.69) is 5.32 Å². The second kappa shape index (κ2) is 3.35. The van der Waals surface area contributed by atoms with E-state index in [0.717, 1.165) is 23.1 Å². The quantitative estimate of drug-likeness (QED) is 0.768. The van der Waals surface area contributed by atoms with Gasteiger partial charge in [0.05, 0.1) is 0 Å². The topological polar surface area (TPSA) is 49.3 Å². The summed E-state index contributed by atoms with van der Waals surface area (Å²) in [5.74, 6) is -0.783. The van der Waals surface area contributed by atoms with E-state index >= 15 is 0 Å². The number of carboxylic acid groups (broad SMARTS) is 1. The summed E-state index contributed by atoms with van der Waals surface area (Å²) in [5, 5.41) is 12.3. The van der Waals surface area contributed by atoms with Gasteiger partial charge in [-0.3, -0.25) is 0 Å². The number of aryl methyl sites for hydroxylation is 2. The first-order valence-electron chi connectivity index (χ1n) is 5.12. The van der Waals surface area contributed by atoms with Gasteiger partial charge in [0.15, 0.2) is 0 Å². The molecule has 2 N–H and O–H groups in total. The number of rotatable bonds is 2. The third-order valence-electron chi connectivity index (χ3n) is 3.29. The van der Waals surface area contributed by atoms with Crippen LogP contribution in [0.4, 0.5) is 0 Å². The molecular formula is C12H15NO2. The van der Waals surface area contributed by atoms with E-state index in [9.17, 15) is 9.90 Å². The zero-order valence-corrected chi connectivity index (χ0v) is 9.00. The molecule has 2 rings (SSSR count). The molecule has 1 aromatic carbocycles. The molecular weight excluding hydrogens is 190 g/mol. The third kappa shape index (κ3) is 1.35. The Morgan fingerprint density at radius 2 is 2.27 bits per heavy atom. The maximum Gasteiger partial charge on any atom is 0.328 e. The highest BCUT2D eigenvalue weighted by Crippen LogP contribution is 2.37. The lowest BCUT2D eigenvalue weighted by molar-refractivity contribution is -0.145. The Labute approximate surface area is 89.1 Å². The molecule has 80 valence electrons. The summed E-state index contributed by atoms with van der Waals surface area (Å²) in [5.41, 5.74) is 2.31. The molecule has 3 nitrogen and oxygen atoms in total. The maximum atomic E-state index is 11.4. The normalized spacial score (nSPS) is 23.9. The van der Waals surface area contributed by atoms with Crippen LogP contribution >= 0.6 is 0 Å². The highest BCUT2D eigenvalue weighted by molar-refractivity contribution is 5.82. The van der Waals surface area contributed by atoms with Crippen LogP contribution in [0, 0.1) is 6.92 Å². The molecule has 1 unspecified atom stereocenters. The smallest absolute Gasteiger partial charge is 0.328 e. The lowest BCUT2D eigenvalue weighted by Crippen LogP contribution is -2.45. The number of likely N-dealkylation sites (N-methyl/N-ethyl adjacent to an activating group) is 1. The number of carboxylic acids is 1. The summed E-state index contributed by atoms with van der Waals surface area (Å²) >= 11 is 0. The van der Waals surface area contributed by atoms with Gasteiger partial charge in [-0.15, -0.1) is 0 Å². The van der Waals surface area contributed by atoms with Gasteiger partial charge in [0, 0.05) is 0 Å². The van der Waals surface area contributed by atoms with Gasteiger partial charge in [-0.05, 0) is 37.9 Å². The van der Waals surface area contributed by atoms with Crippen LogP contribution in [0.5, 0.6) is 0 Å². The van der Waals surface area contributed by atoms with E-state index in [4.69, 9.17) is 0 Å². The second-order valence-electron chi connectivity index (χ2n) is 4.12. The molecule has 1 aromatic rings. The van der Waals surface area contributed by atoms with Crippen LogP contribution < -0.4 is 5.32 Å². The SMILES string of the molecule is CNC1(C(=O)O)CCc2ccc(C)cc21. The van der Waals surface area contributed by atoms with Crippen molar-refractivity contribution in [3.05, 3.63) is 34.9 Å². The van der Waals surface area contributed by atoms with Crippen molar-refractivity contribution >= 4 is 5.97 Å². The Bertz CT molecular complexity index is 414.